The van der Waals surface area contributed by atoms with Crippen molar-refractivity contribution < 1.29 is 23.0 Å². The van der Waals surface area contributed by atoms with Gasteiger partial charge in [-0.3, -0.25) is 0 Å². The molecule has 20 heavy (non-hydrogen) atoms. The molecule has 0 heterocycles. The van der Waals surface area contributed by atoms with Crippen molar-refractivity contribution in [2.24, 2.45) is 0 Å². The predicted octanol–water partition coefficient (Wildman–Crippen LogP) is 2.43. The van der Waals surface area contributed by atoms with Crippen LogP contribution in [0.5, 0.6) is 5.75 Å². The molecule has 1 aromatic rings. The Morgan fingerprint density at radius 2 is 1.95 bits per heavy atom. The maximum Gasteiger partial charge on any atom is 0.387 e. The third kappa shape index (κ3) is 7.37. The Morgan fingerprint density at radius 3 is 2.70 bits per heavy atom. The molecule has 0 radical (unpaired) electrons. The van der Waals surface area contributed by atoms with Gasteiger partial charge in [-0.25, -0.2) is 0 Å². The molecule has 0 aliphatic rings. The second-order valence-electron chi connectivity index (χ2n) is 4.12. The highest BCUT2D eigenvalue weighted by Gasteiger charge is 2.08. The van der Waals surface area contributed by atoms with Crippen LogP contribution in [0.2, 0.25) is 0 Å². The van der Waals surface area contributed by atoms with Crippen molar-refractivity contribution in [2.75, 3.05) is 33.5 Å². The number of hydrogen-bond acceptors (Lipinski definition) is 4. The maximum atomic E-state index is 12.2. The van der Waals surface area contributed by atoms with Crippen LogP contribution in [0, 0.1) is 0 Å². The van der Waals surface area contributed by atoms with Crippen LogP contribution in [-0.2, 0) is 16.0 Å². The zero-order chi connectivity index (χ0) is 14.6. The number of benzene rings is 1. The van der Waals surface area contributed by atoms with Crippen molar-refractivity contribution in [2.45, 2.75) is 19.6 Å². The second-order valence-corrected chi connectivity index (χ2v) is 4.12. The fraction of sp³-hybridized carbons (Fsp3) is 0.571. The van der Waals surface area contributed by atoms with E-state index in [-0.39, 0.29) is 5.75 Å². The number of para-hydroxylation sites is 1. The Bertz CT molecular complexity index is 364. The van der Waals surface area contributed by atoms with Gasteiger partial charge in [0.25, 0.3) is 0 Å². The van der Waals surface area contributed by atoms with Gasteiger partial charge in [0, 0.05) is 25.8 Å². The highest BCUT2D eigenvalue weighted by atomic mass is 19.3. The molecule has 0 aromatic heterocycles. The average Bonchev–Trinajstić information content (AvgIpc) is 2.43. The van der Waals surface area contributed by atoms with Gasteiger partial charge in [-0.15, -0.1) is 0 Å². The Hall–Kier alpha value is -1.24. The summed E-state index contributed by atoms with van der Waals surface area (Å²) in [6.07, 6.45) is 0.849. The van der Waals surface area contributed by atoms with Crippen molar-refractivity contribution in [3.8, 4) is 5.75 Å². The van der Waals surface area contributed by atoms with Crippen molar-refractivity contribution in [1.29, 1.82) is 0 Å². The third-order valence-corrected chi connectivity index (χ3v) is 2.58. The topological polar surface area (TPSA) is 39.7 Å². The van der Waals surface area contributed by atoms with Crippen LogP contribution in [0.15, 0.2) is 24.3 Å². The lowest BCUT2D eigenvalue weighted by Crippen LogP contribution is -2.18. The van der Waals surface area contributed by atoms with Crippen molar-refractivity contribution in [3.63, 3.8) is 0 Å². The van der Waals surface area contributed by atoms with Crippen LogP contribution in [0.3, 0.4) is 0 Å². The van der Waals surface area contributed by atoms with E-state index in [0.717, 1.165) is 13.0 Å². The molecule has 0 spiro atoms. The smallest absolute Gasteiger partial charge is 0.387 e. The molecule has 0 bridgehead atoms. The Balaban J connectivity index is 2.18. The quantitative estimate of drug-likeness (QED) is 0.635. The number of hydrogen-bond donors (Lipinski definition) is 1. The molecule has 0 atom stereocenters. The van der Waals surface area contributed by atoms with Crippen molar-refractivity contribution in [1.82, 2.24) is 5.32 Å². The van der Waals surface area contributed by atoms with E-state index in [1.165, 1.54) is 6.07 Å². The van der Waals surface area contributed by atoms with Gasteiger partial charge in [0.2, 0.25) is 0 Å². The molecule has 0 fully saturated rings. The van der Waals surface area contributed by atoms with Crippen LogP contribution < -0.4 is 10.1 Å². The van der Waals surface area contributed by atoms with Crippen molar-refractivity contribution in [3.05, 3.63) is 29.8 Å². The van der Waals surface area contributed by atoms with Gasteiger partial charge in [-0.05, 0) is 19.0 Å². The first-order valence-electron chi connectivity index (χ1n) is 6.54. The second kappa shape index (κ2) is 10.5. The Morgan fingerprint density at radius 1 is 1.15 bits per heavy atom. The molecule has 1 aromatic carbocycles. The summed E-state index contributed by atoms with van der Waals surface area (Å²) in [6.45, 7) is 0.251. The molecule has 0 aliphatic heterocycles. The van der Waals surface area contributed by atoms with E-state index < -0.39 is 6.61 Å². The van der Waals surface area contributed by atoms with E-state index in [1.54, 1.807) is 25.3 Å². The lowest BCUT2D eigenvalue weighted by molar-refractivity contribution is -0.0504. The number of methoxy groups -OCH3 is 1. The van der Waals surface area contributed by atoms with Crippen LogP contribution in [0.25, 0.3) is 0 Å². The van der Waals surface area contributed by atoms with Crippen molar-refractivity contribution >= 4 is 0 Å². The summed E-state index contributed by atoms with van der Waals surface area (Å²) in [5, 5.41) is 3.17. The third-order valence-electron chi connectivity index (χ3n) is 2.58. The summed E-state index contributed by atoms with van der Waals surface area (Å²) in [4.78, 5) is 0. The highest BCUT2D eigenvalue weighted by molar-refractivity contribution is 5.33. The van der Waals surface area contributed by atoms with E-state index in [2.05, 4.69) is 10.1 Å². The number of rotatable bonds is 11. The summed E-state index contributed by atoms with van der Waals surface area (Å²) in [6, 6.07) is 6.77. The van der Waals surface area contributed by atoms with E-state index in [9.17, 15) is 8.78 Å². The van der Waals surface area contributed by atoms with E-state index in [0.29, 0.717) is 31.9 Å². The predicted molar refractivity (Wildman–Crippen MR) is 72.1 cm³/mol. The first-order chi connectivity index (χ1) is 9.74. The fourth-order valence-electron chi connectivity index (χ4n) is 1.63. The lowest BCUT2D eigenvalue weighted by atomic mass is 10.2. The zero-order valence-corrected chi connectivity index (χ0v) is 11.6. The van der Waals surface area contributed by atoms with E-state index in [1.807, 2.05) is 0 Å². The lowest BCUT2D eigenvalue weighted by Gasteiger charge is -2.11. The summed E-state index contributed by atoms with van der Waals surface area (Å²) in [7, 11) is 1.63. The molecule has 4 nitrogen and oxygen atoms in total. The molecule has 1 rings (SSSR count). The molecule has 0 aliphatic carbocycles. The fourth-order valence-corrected chi connectivity index (χ4v) is 1.63. The van der Waals surface area contributed by atoms with Gasteiger partial charge in [0.15, 0.2) is 0 Å². The summed E-state index contributed by atoms with van der Waals surface area (Å²) < 4.78 is 39.1. The zero-order valence-electron chi connectivity index (χ0n) is 11.6. The van der Waals surface area contributed by atoms with Crippen LogP contribution in [0.4, 0.5) is 8.78 Å². The number of nitrogens with one attached hydrogen (secondary N) is 1. The van der Waals surface area contributed by atoms with Gasteiger partial charge in [-0.1, -0.05) is 18.2 Å². The molecule has 0 saturated heterocycles. The SMILES string of the molecule is COCCOCCCNCc1ccccc1OC(F)F. The van der Waals surface area contributed by atoms with E-state index in [4.69, 9.17) is 9.47 Å². The largest absolute Gasteiger partial charge is 0.434 e. The number of ether oxygens (including phenoxy) is 3. The van der Waals surface area contributed by atoms with E-state index >= 15 is 0 Å². The molecule has 114 valence electrons. The maximum absolute atomic E-state index is 12.2. The number of alkyl halides is 2. The van der Waals surface area contributed by atoms with Crippen LogP contribution >= 0.6 is 0 Å². The first kappa shape index (κ1) is 16.8. The summed E-state index contributed by atoms with van der Waals surface area (Å²) in [5.41, 5.74) is 0.716. The highest BCUT2D eigenvalue weighted by Crippen LogP contribution is 2.19. The number of halogens is 2. The molecule has 0 saturated carbocycles. The minimum absolute atomic E-state index is 0.214. The van der Waals surface area contributed by atoms with Crippen LogP contribution in [0.1, 0.15) is 12.0 Å². The molecule has 1 N–H and O–H groups in total. The minimum atomic E-state index is -2.80. The monoisotopic (exact) mass is 289 g/mol. The van der Waals surface area contributed by atoms with Crippen LogP contribution in [-0.4, -0.2) is 40.1 Å². The van der Waals surface area contributed by atoms with Gasteiger partial charge in [-0.2, -0.15) is 8.78 Å². The Labute approximate surface area is 118 Å². The summed E-state index contributed by atoms with van der Waals surface area (Å²) >= 11 is 0. The van der Waals surface area contributed by atoms with Gasteiger partial charge in [0.05, 0.1) is 13.2 Å². The standard InChI is InChI=1S/C14H21F2NO3/c1-18-9-10-19-8-4-7-17-11-12-5-2-3-6-13(12)20-14(15)16/h2-3,5-6,14,17H,4,7-11H2,1H3. The molecular formula is C14H21F2NO3. The molecule has 0 amide bonds. The molecule has 6 heteroatoms. The normalized spacial score (nSPS) is 11.0. The first-order valence-corrected chi connectivity index (χ1v) is 6.54. The van der Waals surface area contributed by atoms with Gasteiger partial charge >= 0.3 is 6.61 Å². The van der Waals surface area contributed by atoms with Gasteiger partial charge in [0.1, 0.15) is 5.75 Å². The minimum Gasteiger partial charge on any atom is -0.434 e. The van der Waals surface area contributed by atoms with Gasteiger partial charge < -0.3 is 19.5 Å². The Kier molecular flexibility index (Phi) is 8.86. The average molecular weight is 289 g/mol. The molecular weight excluding hydrogens is 268 g/mol. The summed E-state index contributed by atoms with van der Waals surface area (Å²) in [5.74, 6) is 0.214. The molecule has 0 unspecified atom stereocenters.